The van der Waals surface area contributed by atoms with Gasteiger partial charge in [0.2, 0.25) is 6.41 Å². The monoisotopic (exact) mass is 219 g/mol. The quantitative estimate of drug-likeness (QED) is 0.569. The number of nitroso groups, excluding NO2 is 1. The van der Waals surface area contributed by atoms with E-state index in [1.165, 1.54) is 0 Å². The second kappa shape index (κ2) is 4.74. The molecule has 1 aromatic carbocycles. The molecule has 5 heteroatoms. The average Bonchev–Trinajstić information content (AvgIpc) is 2.39. The molecule has 1 aromatic rings. The summed E-state index contributed by atoms with van der Waals surface area (Å²) < 4.78 is 0. The number of nitrogens with zero attached hydrogens (tertiary/aromatic N) is 3. The van der Waals surface area contributed by atoms with E-state index in [9.17, 15) is 9.70 Å². The number of benzene rings is 1. The molecule has 1 fully saturated rings. The van der Waals surface area contributed by atoms with Crippen LogP contribution < -0.4 is 4.90 Å². The van der Waals surface area contributed by atoms with Gasteiger partial charge in [0, 0.05) is 31.9 Å². The summed E-state index contributed by atoms with van der Waals surface area (Å²) >= 11 is 0. The van der Waals surface area contributed by atoms with Gasteiger partial charge in [0.1, 0.15) is 5.69 Å². The first-order valence-electron chi connectivity index (χ1n) is 5.21. The Morgan fingerprint density at radius 1 is 1.06 bits per heavy atom. The van der Waals surface area contributed by atoms with Crippen LogP contribution in [0.25, 0.3) is 0 Å². The summed E-state index contributed by atoms with van der Waals surface area (Å²) in [4.78, 5) is 24.8. The molecule has 5 nitrogen and oxygen atoms in total. The zero-order valence-electron chi connectivity index (χ0n) is 8.87. The third-order valence-corrected chi connectivity index (χ3v) is 2.78. The molecule has 0 aliphatic carbocycles. The van der Waals surface area contributed by atoms with Crippen molar-refractivity contribution in [3.8, 4) is 0 Å². The number of amides is 1. The van der Waals surface area contributed by atoms with E-state index in [1.807, 2.05) is 12.1 Å². The van der Waals surface area contributed by atoms with Gasteiger partial charge in [-0.25, -0.2) is 0 Å². The lowest BCUT2D eigenvalue weighted by molar-refractivity contribution is -0.118. The minimum absolute atomic E-state index is 0.440. The summed E-state index contributed by atoms with van der Waals surface area (Å²) in [7, 11) is 0. The molecule has 0 bridgehead atoms. The van der Waals surface area contributed by atoms with Gasteiger partial charge in [0.05, 0.1) is 0 Å². The highest BCUT2D eigenvalue weighted by atomic mass is 16.3. The lowest BCUT2D eigenvalue weighted by Gasteiger charge is -2.34. The second-order valence-corrected chi connectivity index (χ2v) is 3.74. The Morgan fingerprint density at radius 2 is 1.69 bits per heavy atom. The summed E-state index contributed by atoms with van der Waals surface area (Å²) in [6, 6.07) is 7.17. The molecule has 0 atom stereocenters. The molecular weight excluding hydrogens is 206 g/mol. The number of piperazine rings is 1. The molecule has 1 amide bonds. The van der Waals surface area contributed by atoms with Crippen LogP contribution in [0.4, 0.5) is 11.4 Å². The Labute approximate surface area is 93.6 Å². The van der Waals surface area contributed by atoms with Gasteiger partial charge in [-0.1, -0.05) is 0 Å². The van der Waals surface area contributed by atoms with Crippen molar-refractivity contribution in [2.24, 2.45) is 5.18 Å². The molecule has 84 valence electrons. The van der Waals surface area contributed by atoms with Gasteiger partial charge in [0.15, 0.2) is 0 Å². The molecule has 0 radical (unpaired) electrons. The molecule has 2 rings (SSSR count). The first-order chi connectivity index (χ1) is 7.83. The zero-order valence-corrected chi connectivity index (χ0v) is 8.87. The highest BCUT2D eigenvalue weighted by molar-refractivity contribution is 5.54. The molecule has 0 unspecified atom stereocenters. The Hall–Kier alpha value is -1.91. The molecule has 16 heavy (non-hydrogen) atoms. The van der Waals surface area contributed by atoms with Crippen LogP contribution in [-0.4, -0.2) is 37.5 Å². The van der Waals surface area contributed by atoms with Gasteiger partial charge in [-0.2, -0.15) is 0 Å². The Balaban J connectivity index is 2.02. The number of carbonyl (C=O) groups excluding carboxylic acids is 1. The highest BCUT2D eigenvalue weighted by Crippen LogP contribution is 2.20. The maximum atomic E-state index is 10.5. The minimum Gasteiger partial charge on any atom is -0.368 e. The fourth-order valence-corrected chi connectivity index (χ4v) is 1.81. The van der Waals surface area contributed by atoms with Gasteiger partial charge in [-0.3, -0.25) is 4.79 Å². The first-order valence-corrected chi connectivity index (χ1v) is 5.21. The highest BCUT2D eigenvalue weighted by Gasteiger charge is 2.15. The van der Waals surface area contributed by atoms with Crippen molar-refractivity contribution in [1.82, 2.24) is 4.90 Å². The van der Waals surface area contributed by atoms with Crippen molar-refractivity contribution in [1.29, 1.82) is 0 Å². The molecule has 0 aromatic heterocycles. The maximum Gasteiger partial charge on any atom is 0.209 e. The number of hydrogen-bond acceptors (Lipinski definition) is 4. The van der Waals surface area contributed by atoms with E-state index < -0.39 is 0 Å². The molecular formula is C11H13N3O2. The van der Waals surface area contributed by atoms with E-state index in [4.69, 9.17) is 0 Å². The average molecular weight is 219 g/mol. The van der Waals surface area contributed by atoms with E-state index >= 15 is 0 Å². The van der Waals surface area contributed by atoms with Gasteiger partial charge in [-0.15, -0.1) is 4.91 Å². The molecule has 1 aliphatic heterocycles. The molecule has 0 saturated carbocycles. The maximum absolute atomic E-state index is 10.5. The SMILES string of the molecule is O=CN1CCN(c2ccc(N=O)cc2)CC1. The summed E-state index contributed by atoms with van der Waals surface area (Å²) in [6.07, 6.45) is 0.886. The van der Waals surface area contributed by atoms with Crippen molar-refractivity contribution >= 4 is 17.8 Å². The van der Waals surface area contributed by atoms with Gasteiger partial charge < -0.3 is 9.80 Å². The van der Waals surface area contributed by atoms with Gasteiger partial charge in [0.25, 0.3) is 0 Å². The normalized spacial score (nSPS) is 16.0. The Morgan fingerprint density at radius 3 is 2.19 bits per heavy atom. The fourth-order valence-electron chi connectivity index (χ4n) is 1.81. The van der Waals surface area contributed by atoms with E-state index in [0.29, 0.717) is 5.69 Å². The van der Waals surface area contributed by atoms with Crippen LogP contribution in [0, 0.1) is 4.91 Å². The van der Waals surface area contributed by atoms with Crippen molar-refractivity contribution in [2.45, 2.75) is 0 Å². The summed E-state index contributed by atoms with van der Waals surface area (Å²) in [5, 5.41) is 2.86. The summed E-state index contributed by atoms with van der Waals surface area (Å²) in [6.45, 7) is 3.15. The number of carbonyl (C=O) groups is 1. The fraction of sp³-hybridized carbons (Fsp3) is 0.364. The van der Waals surface area contributed by atoms with Gasteiger partial charge >= 0.3 is 0 Å². The largest absolute Gasteiger partial charge is 0.368 e. The smallest absolute Gasteiger partial charge is 0.209 e. The van der Waals surface area contributed by atoms with Crippen LogP contribution in [0.3, 0.4) is 0 Å². The lowest BCUT2D eigenvalue weighted by Crippen LogP contribution is -2.45. The van der Waals surface area contributed by atoms with E-state index in [2.05, 4.69) is 10.1 Å². The minimum atomic E-state index is 0.440. The standard InChI is InChI=1S/C11H13N3O2/c15-9-13-5-7-14(8-6-13)11-3-1-10(12-16)2-4-11/h1-4,9H,5-8H2. The zero-order chi connectivity index (χ0) is 11.4. The Kier molecular flexibility index (Phi) is 3.14. The summed E-state index contributed by atoms with van der Waals surface area (Å²) in [5.74, 6) is 0. The van der Waals surface area contributed by atoms with Crippen molar-refractivity contribution in [3.63, 3.8) is 0 Å². The van der Waals surface area contributed by atoms with Crippen LogP contribution >= 0.6 is 0 Å². The molecule has 0 N–H and O–H groups in total. The molecule has 1 saturated heterocycles. The van der Waals surface area contributed by atoms with E-state index in [1.54, 1.807) is 17.0 Å². The van der Waals surface area contributed by atoms with Crippen LogP contribution in [0.1, 0.15) is 0 Å². The molecule has 1 aliphatic rings. The predicted molar refractivity (Wildman–Crippen MR) is 61.7 cm³/mol. The van der Waals surface area contributed by atoms with Crippen LogP contribution in [0.2, 0.25) is 0 Å². The number of rotatable bonds is 3. The van der Waals surface area contributed by atoms with Crippen LogP contribution in [0.15, 0.2) is 29.4 Å². The van der Waals surface area contributed by atoms with Crippen molar-refractivity contribution < 1.29 is 4.79 Å². The third-order valence-electron chi connectivity index (χ3n) is 2.78. The summed E-state index contributed by atoms with van der Waals surface area (Å²) in [5.41, 5.74) is 1.51. The van der Waals surface area contributed by atoms with Crippen molar-refractivity contribution in [2.75, 3.05) is 31.1 Å². The van der Waals surface area contributed by atoms with Gasteiger partial charge in [-0.05, 0) is 29.4 Å². The Bertz CT molecular complexity index is 369. The number of anilines is 1. The molecule has 1 heterocycles. The molecule has 0 spiro atoms. The number of hydrogen-bond donors (Lipinski definition) is 0. The lowest BCUT2D eigenvalue weighted by atomic mass is 10.2. The topological polar surface area (TPSA) is 53.0 Å². The predicted octanol–water partition coefficient (Wildman–Crippen LogP) is 1.36. The second-order valence-electron chi connectivity index (χ2n) is 3.74. The van der Waals surface area contributed by atoms with E-state index in [-0.39, 0.29) is 0 Å². The van der Waals surface area contributed by atoms with Crippen molar-refractivity contribution in [3.05, 3.63) is 29.2 Å². The first kappa shape index (κ1) is 10.6. The van der Waals surface area contributed by atoms with E-state index in [0.717, 1.165) is 38.3 Å². The van der Waals surface area contributed by atoms with Crippen LogP contribution in [0.5, 0.6) is 0 Å². The van der Waals surface area contributed by atoms with Crippen LogP contribution in [-0.2, 0) is 4.79 Å². The third kappa shape index (κ3) is 2.18.